The van der Waals surface area contributed by atoms with Crippen molar-refractivity contribution < 1.29 is 22.5 Å². The van der Waals surface area contributed by atoms with E-state index in [0.717, 1.165) is 4.57 Å². The summed E-state index contributed by atoms with van der Waals surface area (Å²) in [6, 6.07) is 0.911. The number of halogens is 3. The summed E-state index contributed by atoms with van der Waals surface area (Å²) in [7, 11) is 0. The minimum absolute atomic E-state index is 0.0256. The predicted molar refractivity (Wildman–Crippen MR) is 75.1 cm³/mol. The van der Waals surface area contributed by atoms with E-state index in [0.29, 0.717) is 5.76 Å². The lowest BCUT2D eigenvalue weighted by molar-refractivity contribution is -0.148. The van der Waals surface area contributed by atoms with Gasteiger partial charge in [-0.1, -0.05) is 19.0 Å². The van der Waals surface area contributed by atoms with Gasteiger partial charge in [0.15, 0.2) is 11.5 Å². The van der Waals surface area contributed by atoms with Gasteiger partial charge in [-0.25, -0.2) is 0 Å². The topological polar surface area (TPSA) is 77.1 Å². The average molecular weight is 343 g/mol. The highest BCUT2D eigenvalue weighted by atomic mass is 19.4. The summed E-state index contributed by atoms with van der Waals surface area (Å²) in [6.45, 7) is 5.50. The first kappa shape index (κ1) is 16.5. The zero-order valence-electron chi connectivity index (χ0n) is 13.3. The predicted octanol–water partition coefficient (Wildman–Crippen LogP) is 2.63. The van der Waals surface area contributed by atoms with Crippen molar-refractivity contribution in [2.24, 2.45) is 0 Å². The number of carbonyl (C=O) groups is 1. The van der Waals surface area contributed by atoms with Crippen molar-refractivity contribution in [1.29, 1.82) is 0 Å². The number of hydrogen-bond acceptors (Lipinski definition) is 5. The molecule has 2 aromatic heterocycles. The molecular weight excluding hydrogens is 327 g/mol. The average Bonchev–Trinajstić information content (AvgIpc) is 3.13. The Hall–Kier alpha value is -2.39. The zero-order chi connectivity index (χ0) is 17.6. The highest BCUT2D eigenvalue weighted by Gasteiger charge is 2.42. The fourth-order valence-electron chi connectivity index (χ4n) is 2.68. The second-order valence-corrected chi connectivity index (χ2v) is 5.97. The second-order valence-electron chi connectivity index (χ2n) is 5.97. The number of amides is 1. The van der Waals surface area contributed by atoms with Crippen LogP contribution in [0, 0.1) is 0 Å². The van der Waals surface area contributed by atoms with Gasteiger partial charge in [-0.05, 0) is 6.92 Å². The summed E-state index contributed by atoms with van der Waals surface area (Å²) >= 11 is 0. The maximum atomic E-state index is 12.9. The van der Waals surface area contributed by atoms with Gasteiger partial charge in [0.1, 0.15) is 5.76 Å². The third-order valence-electron chi connectivity index (χ3n) is 4.02. The van der Waals surface area contributed by atoms with E-state index >= 15 is 0 Å². The Morgan fingerprint density at radius 1 is 1.33 bits per heavy atom. The number of hydrogen-bond donors (Lipinski definition) is 0. The standard InChI is InChI=1S/C14H16F3N5O2/c1-7(2)10-6-9(20-24-10)12(23)21-4-5-22-11(8(21)3)18-19-13(22)14(15,16)17/h6-8H,4-5H2,1-3H3. The lowest BCUT2D eigenvalue weighted by Crippen LogP contribution is -2.42. The maximum Gasteiger partial charge on any atom is 0.451 e. The van der Waals surface area contributed by atoms with Crippen molar-refractivity contribution in [3.8, 4) is 0 Å². The highest BCUT2D eigenvalue weighted by molar-refractivity contribution is 5.92. The van der Waals surface area contributed by atoms with Crippen LogP contribution in [-0.4, -0.2) is 37.3 Å². The second kappa shape index (κ2) is 5.60. The van der Waals surface area contributed by atoms with Crippen molar-refractivity contribution in [2.75, 3.05) is 6.54 Å². The van der Waals surface area contributed by atoms with Gasteiger partial charge in [0.05, 0.1) is 6.04 Å². The van der Waals surface area contributed by atoms with Crippen molar-refractivity contribution >= 4 is 5.91 Å². The van der Waals surface area contributed by atoms with Crippen LogP contribution in [0.4, 0.5) is 13.2 Å². The van der Waals surface area contributed by atoms with Crippen molar-refractivity contribution in [2.45, 2.75) is 45.5 Å². The van der Waals surface area contributed by atoms with E-state index < -0.39 is 23.9 Å². The van der Waals surface area contributed by atoms with E-state index in [9.17, 15) is 18.0 Å². The number of nitrogens with zero attached hydrogens (tertiary/aromatic N) is 5. The van der Waals surface area contributed by atoms with Crippen molar-refractivity contribution in [3.63, 3.8) is 0 Å². The number of rotatable bonds is 2. The van der Waals surface area contributed by atoms with Gasteiger partial charge in [0.2, 0.25) is 5.82 Å². The van der Waals surface area contributed by atoms with Gasteiger partial charge in [0.25, 0.3) is 5.91 Å². The number of fused-ring (bicyclic) bond motifs is 1. The summed E-state index contributed by atoms with van der Waals surface area (Å²) in [5, 5.41) is 10.6. The van der Waals surface area contributed by atoms with E-state index in [4.69, 9.17) is 4.52 Å². The van der Waals surface area contributed by atoms with Gasteiger partial charge in [-0.2, -0.15) is 13.2 Å². The fourth-order valence-corrected chi connectivity index (χ4v) is 2.68. The summed E-state index contributed by atoms with van der Waals surface area (Å²) in [5.41, 5.74) is 0.134. The third kappa shape index (κ3) is 2.65. The Balaban J connectivity index is 1.87. The Bertz CT molecular complexity index is 765. The van der Waals surface area contributed by atoms with Gasteiger partial charge >= 0.3 is 6.18 Å². The summed E-state index contributed by atoms with van der Waals surface area (Å²) in [5.74, 6) is -0.684. The van der Waals surface area contributed by atoms with Gasteiger partial charge in [0, 0.05) is 25.1 Å². The first-order valence-corrected chi connectivity index (χ1v) is 7.48. The first-order chi connectivity index (χ1) is 11.2. The molecule has 1 aliphatic rings. The Kier molecular flexibility index (Phi) is 3.84. The van der Waals surface area contributed by atoms with E-state index in [-0.39, 0.29) is 30.5 Å². The normalized spacial score (nSPS) is 18.1. The van der Waals surface area contributed by atoms with Crippen LogP contribution >= 0.6 is 0 Å². The quantitative estimate of drug-likeness (QED) is 0.838. The lowest BCUT2D eigenvalue weighted by atomic mass is 10.1. The lowest BCUT2D eigenvalue weighted by Gasteiger charge is -2.33. The Labute approximate surface area is 135 Å². The highest BCUT2D eigenvalue weighted by Crippen LogP contribution is 2.33. The molecular formula is C14H16F3N5O2. The van der Waals surface area contributed by atoms with Gasteiger partial charge < -0.3 is 14.0 Å². The van der Waals surface area contributed by atoms with Crippen LogP contribution in [0.5, 0.6) is 0 Å². The molecule has 2 aromatic rings. The maximum absolute atomic E-state index is 12.9. The van der Waals surface area contributed by atoms with Crippen LogP contribution in [0.15, 0.2) is 10.6 Å². The fraction of sp³-hybridized carbons (Fsp3) is 0.571. The molecule has 1 aliphatic heterocycles. The van der Waals surface area contributed by atoms with E-state index in [1.807, 2.05) is 13.8 Å². The molecule has 0 aliphatic carbocycles. The first-order valence-electron chi connectivity index (χ1n) is 7.48. The molecule has 0 aromatic carbocycles. The van der Waals surface area contributed by atoms with Gasteiger partial charge in [-0.3, -0.25) is 4.79 Å². The molecule has 0 spiro atoms. The summed E-state index contributed by atoms with van der Waals surface area (Å²) in [4.78, 5) is 14.0. The molecule has 1 atom stereocenters. The monoisotopic (exact) mass is 343 g/mol. The van der Waals surface area contributed by atoms with Crippen LogP contribution in [0.1, 0.15) is 60.6 Å². The largest absolute Gasteiger partial charge is 0.451 e. The molecule has 7 nitrogen and oxygen atoms in total. The Morgan fingerprint density at radius 3 is 2.62 bits per heavy atom. The zero-order valence-corrected chi connectivity index (χ0v) is 13.3. The molecule has 0 N–H and O–H groups in total. The molecule has 0 fully saturated rings. The van der Waals surface area contributed by atoms with Crippen molar-refractivity contribution in [1.82, 2.24) is 24.8 Å². The Morgan fingerprint density at radius 2 is 2.04 bits per heavy atom. The molecule has 0 saturated carbocycles. The number of carbonyl (C=O) groups excluding carboxylic acids is 1. The third-order valence-corrected chi connectivity index (χ3v) is 4.02. The number of aromatic nitrogens is 4. The van der Waals surface area contributed by atoms with E-state index in [1.165, 1.54) is 4.90 Å². The van der Waals surface area contributed by atoms with Crippen LogP contribution in [-0.2, 0) is 12.7 Å². The minimum Gasteiger partial charge on any atom is -0.360 e. The molecule has 10 heteroatoms. The SMILES string of the molecule is CC(C)c1cc(C(=O)N2CCn3c(nnc3C(F)(F)F)C2C)no1. The molecule has 3 rings (SSSR count). The van der Waals surface area contributed by atoms with E-state index in [2.05, 4.69) is 15.4 Å². The molecule has 1 unspecified atom stereocenters. The van der Waals surface area contributed by atoms with Crippen LogP contribution in [0.25, 0.3) is 0 Å². The molecule has 0 bridgehead atoms. The molecule has 1 amide bonds. The van der Waals surface area contributed by atoms with Gasteiger partial charge in [-0.15, -0.1) is 10.2 Å². The number of alkyl halides is 3. The van der Waals surface area contributed by atoms with Crippen LogP contribution < -0.4 is 0 Å². The molecule has 0 radical (unpaired) electrons. The smallest absolute Gasteiger partial charge is 0.360 e. The summed E-state index contributed by atoms with van der Waals surface area (Å²) in [6.07, 6.45) is -4.57. The summed E-state index contributed by atoms with van der Waals surface area (Å²) < 4.78 is 44.8. The molecule has 0 saturated heterocycles. The molecule has 24 heavy (non-hydrogen) atoms. The minimum atomic E-state index is -4.57. The van der Waals surface area contributed by atoms with E-state index in [1.54, 1.807) is 13.0 Å². The molecule has 130 valence electrons. The van der Waals surface area contributed by atoms with Crippen molar-refractivity contribution in [3.05, 3.63) is 29.2 Å². The van der Waals surface area contributed by atoms with Crippen LogP contribution in [0.3, 0.4) is 0 Å². The van der Waals surface area contributed by atoms with Crippen LogP contribution in [0.2, 0.25) is 0 Å². The molecule has 3 heterocycles.